The lowest BCUT2D eigenvalue weighted by Gasteiger charge is -2.21. The van der Waals surface area contributed by atoms with E-state index in [0.29, 0.717) is 41.8 Å². The van der Waals surface area contributed by atoms with Crippen LogP contribution in [0.3, 0.4) is 0 Å². The number of fused-ring (bicyclic) bond motifs is 1. The van der Waals surface area contributed by atoms with Gasteiger partial charge in [-0.15, -0.1) is 0 Å². The number of carbonyl (C=O) groups is 1. The van der Waals surface area contributed by atoms with E-state index in [1.807, 2.05) is 13.0 Å². The van der Waals surface area contributed by atoms with Gasteiger partial charge in [-0.25, -0.2) is 4.98 Å². The maximum Gasteiger partial charge on any atom is 0.257 e. The van der Waals surface area contributed by atoms with E-state index in [1.54, 1.807) is 24.4 Å². The van der Waals surface area contributed by atoms with Crippen LogP contribution in [0.4, 0.5) is 5.82 Å². The lowest BCUT2D eigenvalue weighted by Crippen LogP contribution is -2.18. The summed E-state index contributed by atoms with van der Waals surface area (Å²) in [5.74, 6) is 1.72. The number of anilines is 1. The number of ether oxygens (including phenoxy) is 3. The molecule has 1 aliphatic rings. The molecule has 6 nitrogen and oxygen atoms in total. The highest BCUT2D eigenvalue weighted by atomic mass is 16.6. The number of hydrogen-bond acceptors (Lipinski definition) is 5. The Kier molecular flexibility index (Phi) is 3.82. The zero-order chi connectivity index (χ0) is 15.5. The lowest BCUT2D eigenvalue weighted by atomic mass is 10.1. The molecule has 0 saturated carbocycles. The minimum atomic E-state index is -0.284. The van der Waals surface area contributed by atoms with Gasteiger partial charge in [0.1, 0.15) is 19.0 Å². The van der Waals surface area contributed by atoms with Crippen molar-refractivity contribution in [3.05, 3.63) is 41.6 Å². The summed E-state index contributed by atoms with van der Waals surface area (Å²) in [5.41, 5.74) is 1.44. The summed E-state index contributed by atoms with van der Waals surface area (Å²) in [7, 11) is 1.53. The third kappa shape index (κ3) is 2.81. The monoisotopic (exact) mass is 300 g/mol. The van der Waals surface area contributed by atoms with Crippen molar-refractivity contribution < 1.29 is 19.0 Å². The number of aryl methyl sites for hydroxylation is 1. The molecule has 0 spiro atoms. The second kappa shape index (κ2) is 5.93. The third-order valence-electron chi connectivity index (χ3n) is 3.25. The molecule has 0 saturated heterocycles. The highest BCUT2D eigenvalue weighted by Gasteiger charge is 2.21. The largest absolute Gasteiger partial charge is 0.493 e. The number of amides is 1. The van der Waals surface area contributed by atoms with Crippen LogP contribution in [0, 0.1) is 6.92 Å². The Bertz CT molecular complexity index is 698. The summed E-state index contributed by atoms with van der Waals surface area (Å²) in [6.07, 6.45) is 1.65. The molecule has 2 aromatic rings. The van der Waals surface area contributed by atoms with E-state index in [2.05, 4.69) is 10.3 Å². The highest BCUT2D eigenvalue weighted by molar-refractivity contribution is 6.04. The van der Waals surface area contributed by atoms with Gasteiger partial charge in [-0.3, -0.25) is 4.79 Å². The van der Waals surface area contributed by atoms with E-state index in [1.165, 1.54) is 7.11 Å². The number of aromatic nitrogens is 1. The van der Waals surface area contributed by atoms with Gasteiger partial charge in [-0.1, -0.05) is 0 Å². The van der Waals surface area contributed by atoms with E-state index < -0.39 is 0 Å². The summed E-state index contributed by atoms with van der Waals surface area (Å²) in [5, 5.41) is 2.76. The fraction of sp³-hybridized carbons (Fsp3) is 0.250. The summed E-state index contributed by atoms with van der Waals surface area (Å²) < 4.78 is 16.3. The Morgan fingerprint density at radius 1 is 1.27 bits per heavy atom. The van der Waals surface area contributed by atoms with Crippen molar-refractivity contribution in [3.8, 4) is 17.2 Å². The molecule has 2 heterocycles. The molecule has 1 N–H and O–H groups in total. The number of nitrogens with zero attached hydrogens (tertiary/aromatic N) is 1. The predicted molar refractivity (Wildman–Crippen MR) is 80.9 cm³/mol. The van der Waals surface area contributed by atoms with Crippen LogP contribution in [-0.2, 0) is 0 Å². The Labute approximate surface area is 128 Å². The van der Waals surface area contributed by atoms with E-state index in [-0.39, 0.29) is 5.91 Å². The average Bonchev–Trinajstić information content (AvgIpc) is 2.53. The SMILES string of the molecule is COc1cc(C(=O)Nc2cc(C)ccn2)cc2c1OCCO2. The molecular weight excluding hydrogens is 284 g/mol. The fourth-order valence-corrected chi connectivity index (χ4v) is 2.20. The van der Waals surface area contributed by atoms with Crippen LogP contribution in [0.15, 0.2) is 30.5 Å². The van der Waals surface area contributed by atoms with Gasteiger partial charge in [-0.2, -0.15) is 0 Å². The van der Waals surface area contributed by atoms with Crippen molar-refractivity contribution in [1.29, 1.82) is 0 Å². The van der Waals surface area contributed by atoms with Crippen LogP contribution in [0.25, 0.3) is 0 Å². The summed E-state index contributed by atoms with van der Waals surface area (Å²) in [6.45, 7) is 2.84. The van der Waals surface area contributed by atoms with Crippen molar-refractivity contribution in [2.24, 2.45) is 0 Å². The van der Waals surface area contributed by atoms with Crippen LogP contribution in [0.5, 0.6) is 17.2 Å². The first kappa shape index (κ1) is 14.2. The van der Waals surface area contributed by atoms with Crippen molar-refractivity contribution in [1.82, 2.24) is 4.98 Å². The predicted octanol–water partition coefficient (Wildman–Crippen LogP) is 2.42. The Hall–Kier alpha value is -2.76. The number of benzene rings is 1. The Morgan fingerprint density at radius 2 is 2.09 bits per heavy atom. The molecule has 0 aliphatic carbocycles. The normalized spacial score (nSPS) is 12.6. The van der Waals surface area contributed by atoms with E-state index in [9.17, 15) is 4.79 Å². The van der Waals surface area contributed by atoms with E-state index in [4.69, 9.17) is 14.2 Å². The molecule has 0 unspecified atom stereocenters. The molecule has 0 atom stereocenters. The molecule has 0 bridgehead atoms. The van der Waals surface area contributed by atoms with Crippen LogP contribution in [-0.4, -0.2) is 31.2 Å². The van der Waals surface area contributed by atoms with Gasteiger partial charge in [-0.05, 0) is 36.8 Å². The topological polar surface area (TPSA) is 69.7 Å². The second-order valence-electron chi connectivity index (χ2n) is 4.88. The first-order valence-corrected chi connectivity index (χ1v) is 6.89. The van der Waals surface area contributed by atoms with Crippen molar-refractivity contribution in [2.75, 3.05) is 25.6 Å². The first-order chi connectivity index (χ1) is 10.7. The molecule has 6 heteroatoms. The summed E-state index contributed by atoms with van der Waals surface area (Å²) in [6, 6.07) is 6.93. The molecule has 22 heavy (non-hydrogen) atoms. The molecule has 0 radical (unpaired) electrons. The number of pyridine rings is 1. The Balaban J connectivity index is 1.89. The number of nitrogens with one attached hydrogen (secondary N) is 1. The van der Waals surface area contributed by atoms with E-state index in [0.717, 1.165) is 5.56 Å². The zero-order valence-electron chi connectivity index (χ0n) is 12.4. The summed E-state index contributed by atoms with van der Waals surface area (Å²) in [4.78, 5) is 16.5. The Morgan fingerprint density at radius 3 is 2.86 bits per heavy atom. The van der Waals surface area contributed by atoms with Gasteiger partial charge in [0.05, 0.1) is 7.11 Å². The highest BCUT2D eigenvalue weighted by Crippen LogP contribution is 2.40. The van der Waals surface area contributed by atoms with Crippen LogP contribution in [0.1, 0.15) is 15.9 Å². The van der Waals surface area contributed by atoms with Crippen LogP contribution >= 0.6 is 0 Å². The minimum absolute atomic E-state index is 0.284. The van der Waals surface area contributed by atoms with Gasteiger partial charge in [0.15, 0.2) is 11.5 Å². The number of rotatable bonds is 3. The fourth-order valence-electron chi connectivity index (χ4n) is 2.20. The minimum Gasteiger partial charge on any atom is -0.493 e. The maximum absolute atomic E-state index is 12.4. The molecule has 1 amide bonds. The van der Waals surface area contributed by atoms with Crippen molar-refractivity contribution >= 4 is 11.7 Å². The third-order valence-corrected chi connectivity index (χ3v) is 3.25. The number of carbonyl (C=O) groups excluding carboxylic acids is 1. The van der Waals surface area contributed by atoms with Crippen LogP contribution in [0.2, 0.25) is 0 Å². The molecule has 0 fully saturated rings. The molecule has 114 valence electrons. The quantitative estimate of drug-likeness (QED) is 0.942. The molecule has 1 aromatic carbocycles. The van der Waals surface area contributed by atoms with Gasteiger partial charge in [0.2, 0.25) is 5.75 Å². The van der Waals surface area contributed by atoms with Gasteiger partial charge >= 0.3 is 0 Å². The van der Waals surface area contributed by atoms with Crippen molar-refractivity contribution in [2.45, 2.75) is 6.92 Å². The van der Waals surface area contributed by atoms with Crippen LogP contribution < -0.4 is 19.5 Å². The number of hydrogen-bond donors (Lipinski definition) is 1. The van der Waals surface area contributed by atoms with Crippen molar-refractivity contribution in [3.63, 3.8) is 0 Å². The number of methoxy groups -OCH3 is 1. The van der Waals surface area contributed by atoms with Gasteiger partial charge in [0.25, 0.3) is 5.91 Å². The molecule has 3 rings (SSSR count). The molecule has 1 aromatic heterocycles. The smallest absolute Gasteiger partial charge is 0.257 e. The maximum atomic E-state index is 12.4. The average molecular weight is 300 g/mol. The zero-order valence-corrected chi connectivity index (χ0v) is 12.4. The van der Waals surface area contributed by atoms with Gasteiger partial charge < -0.3 is 19.5 Å². The van der Waals surface area contributed by atoms with E-state index >= 15 is 0 Å². The molecule has 1 aliphatic heterocycles. The summed E-state index contributed by atoms with van der Waals surface area (Å²) >= 11 is 0. The first-order valence-electron chi connectivity index (χ1n) is 6.89. The lowest BCUT2D eigenvalue weighted by molar-refractivity contribution is 0.102. The van der Waals surface area contributed by atoms with Gasteiger partial charge in [0, 0.05) is 11.8 Å². The second-order valence-corrected chi connectivity index (χ2v) is 4.88. The standard InChI is InChI=1S/C16H16N2O4/c1-10-3-4-17-14(7-10)18-16(19)11-8-12(20-2)15-13(9-11)21-5-6-22-15/h3-4,7-9H,5-6H2,1-2H3,(H,17,18,19). The molecular formula is C16H16N2O4.